The first-order valence-electron chi connectivity index (χ1n) is 7.21. The fourth-order valence-electron chi connectivity index (χ4n) is 2.08. The van der Waals surface area contributed by atoms with Gasteiger partial charge in [0.2, 0.25) is 0 Å². The minimum Gasteiger partial charge on any atom is -0.450 e. The Morgan fingerprint density at radius 1 is 1.29 bits per heavy atom. The summed E-state index contributed by atoms with van der Waals surface area (Å²) in [6, 6.07) is 0. The van der Waals surface area contributed by atoms with Crippen molar-refractivity contribution in [3.05, 3.63) is 12.2 Å². The molecule has 122 valence electrons. The van der Waals surface area contributed by atoms with Crippen LogP contribution in [0.15, 0.2) is 17.1 Å². The molecule has 1 saturated heterocycles. The van der Waals surface area contributed by atoms with Gasteiger partial charge in [-0.3, -0.25) is 4.99 Å². The number of aliphatic imine (C=N–C) groups is 1. The van der Waals surface area contributed by atoms with Gasteiger partial charge in [-0.25, -0.2) is 4.79 Å². The van der Waals surface area contributed by atoms with Crippen molar-refractivity contribution in [1.29, 1.82) is 0 Å². The molecule has 0 aromatic rings. The molecule has 0 aliphatic carbocycles. The number of rotatable bonds is 4. The highest BCUT2D eigenvalue weighted by Gasteiger charge is 2.23. The molecule has 6 nitrogen and oxygen atoms in total. The van der Waals surface area contributed by atoms with Crippen molar-refractivity contribution in [2.45, 2.75) is 20.3 Å². The predicted molar refractivity (Wildman–Crippen MR) is 96.4 cm³/mol. The maximum absolute atomic E-state index is 11.6. The van der Waals surface area contributed by atoms with Crippen LogP contribution in [0.2, 0.25) is 0 Å². The van der Waals surface area contributed by atoms with Gasteiger partial charge in [-0.2, -0.15) is 0 Å². The first kappa shape index (κ1) is 20.0. The second-order valence-electron chi connectivity index (χ2n) is 4.50. The van der Waals surface area contributed by atoms with E-state index in [0.717, 1.165) is 32.0 Å². The van der Waals surface area contributed by atoms with Crippen LogP contribution in [0.5, 0.6) is 0 Å². The molecular weight excluding hydrogens is 383 g/mol. The number of carbonyl (C=O) groups excluding carboxylic acids is 1. The number of piperazine rings is 1. The quantitative estimate of drug-likeness (QED) is 0.253. The molecule has 21 heavy (non-hydrogen) atoms. The Morgan fingerprint density at radius 3 is 2.43 bits per heavy atom. The fraction of sp³-hybridized carbons (Fsp3) is 0.714. The van der Waals surface area contributed by atoms with E-state index < -0.39 is 0 Å². The summed E-state index contributed by atoms with van der Waals surface area (Å²) >= 11 is 0. The van der Waals surface area contributed by atoms with E-state index in [1.807, 2.05) is 19.9 Å². The molecule has 1 amide bonds. The SMILES string of the molecule is CC=CCCNC(=NC)N1CCN(C(=O)OCC)CC1.I. The molecule has 1 heterocycles. The Bertz CT molecular complexity index is 353. The minimum atomic E-state index is -0.219. The van der Waals surface area contributed by atoms with Crippen LogP contribution in [0.4, 0.5) is 4.79 Å². The lowest BCUT2D eigenvalue weighted by Crippen LogP contribution is -2.53. The Morgan fingerprint density at radius 2 is 1.90 bits per heavy atom. The van der Waals surface area contributed by atoms with Crippen LogP contribution in [-0.2, 0) is 4.74 Å². The molecule has 1 aliphatic heterocycles. The van der Waals surface area contributed by atoms with E-state index in [-0.39, 0.29) is 30.1 Å². The van der Waals surface area contributed by atoms with Crippen LogP contribution in [0.3, 0.4) is 0 Å². The maximum Gasteiger partial charge on any atom is 0.409 e. The van der Waals surface area contributed by atoms with Crippen molar-refractivity contribution < 1.29 is 9.53 Å². The zero-order chi connectivity index (χ0) is 14.8. The van der Waals surface area contributed by atoms with E-state index in [2.05, 4.69) is 21.3 Å². The summed E-state index contributed by atoms with van der Waals surface area (Å²) in [5, 5.41) is 3.33. The highest BCUT2D eigenvalue weighted by Crippen LogP contribution is 2.04. The highest BCUT2D eigenvalue weighted by molar-refractivity contribution is 14.0. The van der Waals surface area contributed by atoms with Crippen LogP contribution in [0, 0.1) is 0 Å². The number of halogens is 1. The predicted octanol–water partition coefficient (Wildman–Crippen LogP) is 1.92. The average molecular weight is 410 g/mol. The highest BCUT2D eigenvalue weighted by atomic mass is 127. The lowest BCUT2D eigenvalue weighted by molar-refractivity contribution is 0.0915. The third kappa shape index (κ3) is 7.01. The van der Waals surface area contributed by atoms with Gasteiger partial charge in [-0.05, 0) is 20.3 Å². The van der Waals surface area contributed by atoms with Crippen LogP contribution in [0.25, 0.3) is 0 Å². The number of ether oxygens (including phenoxy) is 1. The Kier molecular flexibility index (Phi) is 11.1. The number of nitrogens with zero attached hydrogens (tertiary/aromatic N) is 3. The van der Waals surface area contributed by atoms with Gasteiger partial charge in [0.1, 0.15) is 0 Å². The number of guanidine groups is 1. The number of allylic oxidation sites excluding steroid dienone is 1. The lowest BCUT2D eigenvalue weighted by Gasteiger charge is -2.35. The summed E-state index contributed by atoms with van der Waals surface area (Å²) < 4.78 is 5.01. The van der Waals surface area contributed by atoms with Crippen molar-refractivity contribution in [2.24, 2.45) is 4.99 Å². The molecule has 0 bridgehead atoms. The average Bonchev–Trinajstić information content (AvgIpc) is 2.48. The maximum atomic E-state index is 11.6. The number of amides is 1. The zero-order valence-electron chi connectivity index (χ0n) is 13.2. The summed E-state index contributed by atoms with van der Waals surface area (Å²) in [6.45, 7) is 8.05. The van der Waals surface area contributed by atoms with Gasteiger partial charge in [0.05, 0.1) is 6.61 Å². The molecular formula is C14H27IN4O2. The van der Waals surface area contributed by atoms with E-state index in [1.165, 1.54) is 0 Å². The molecule has 0 aromatic heterocycles. The van der Waals surface area contributed by atoms with Crippen LogP contribution >= 0.6 is 24.0 Å². The van der Waals surface area contributed by atoms with Crippen molar-refractivity contribution >= 4 is 36.0 Å². The van der Waals surface area contributed by atoms with E-state index in [0.29, 0.717) is 19.7 Å². The van der Waals surface area contributed by atoms with Crippen molar-refractivity contribution in [3.63, 3.8) is 0 Å². The van der Waals surface area contributed by atoms with Crippen LogP contribution < -0.4 is 5.32 Å². The fourth-order valence-corrected chi connectivity index (χ4v) is 2.08. The van der Waals surface area contributed by atoms with Gasteiger partial charge in [-0.1, -0.05) is 12.2 Å². The lowest BCUT2D eigenvalue weighted by atomic mass is 10.3. The molecule has 0 aromatic carbocycles. The Labute approximate surface area is 144 Å². The van der Waals surface area contributed by atoms with Gasteiger partial charge in [-0.15, -0.1) is 24.0 Å². The van der Waals surface area contributed by atoms with Gasteiger partial charge in [0.15, 0.2) is 5.96 Å². The molecule has 0 unspecified atom stereocenters. The van der Waals surface area contributed by atoms with Gasteiger partial charge in [0, 0.05) is 39.8 Å². The molecule has 1 aliphatic rings. The molecule has 1 fully saturated rings. The standard InChI is InChI=1S/C14H26N4O2.HI/c1-4-6-7-8-16-13(15-3)17-9-11-18(12-10-17)14(19)20-5-2;/h4,6H,5,7-12H2,1-3H3,(H,15,16);1H. The number of carbonyl (C=O) groups is 1. The first-order chi connectivity index (χ1) is 9.72. The van der Waals surface area contributed by atoms with Gasteiger partial charge in [0.25, 0.3) is 0 Å². The van der Waals surface area contributed by atoms with Gasteiger partial charge >= 0.3 is 6.09 Å². The third-order valence-corrected chi connectivity index (χ3v) is 3.15. The van der Waals surface area contributed by atoms with Crippen LogP contribution in [-0.4, -0.2) is 68.2 Å². The molecule has 0 saturated carbocycles. The molecule has 0 radical (unpaired) electrons. The Balaban J connectivity index is 0.00000400. The topological polar surface area (TPSA) is 57.2 Å². The summed E-state index contributed by atoms with van der Waals surface area (Å²) in [4.78, 5) is 19.8. The number of hydrogen-bond acceptors (Lipinski definition) is 3. The van der Waals surface area contributed by atoms with Crippen LogP contribution in [0.1, 0.15) is 20.3 Å². The molecule has 1 N–H and O–H groups in total. The van der Waals surface area contributed by atoms with E-state index in [9.17, 15) is 4.79 Å². The van der Waals surface area contributed by atoms with E-state index in [1.54, 1.807) is 11.9 Å². The molecule has 7 heteroatoms. The van der Waals surface area contributed by atoms with E-state index in [4.69, 9.17) is 4.74 Å². The normalized spacial score (nSPS) is 15.9. The summed E-state index contributed by atoms with van der Waals surface area (Å²) in [5.74, 6) is 0.901. The molecule has 1 rings (SSSR count). The van der Waals surface area contributed by atoms with Crippen molar-refractivity contribution in [3.8, 4) is 0 Å². The van der Waals surface area contributed by atoms with Crippen molar-refractivity contribution in [2.75, 3.05) is 46.4 Å². The van der Waals surface area contributed by atoms with Gasteiger partial charge < -0.3 is 19.9 Å². The monoisotopic (exact) mass is 410 g/mol. The second kappa shape index (κ2) is 11.6. The van der Waals surface area contributed by atoms with Crippen molar-refractivity contribution in [1.82, 2.24) is 15.1 Å². The smallest absolute Gasteiger partial charge is 0.409 e. The summed E-state index contributed by atoms with van der Waals surface area (Å²) in [6.07, 6.45) is 4.93. The largest absolute Gasteiger partial charge is 0.450 e. The zero-order valence-corrected chi connectivity index (χ0v) is 15.5. The first-order valence-corrected chi connectivity index (χ1v) is 7.21. The van der Waals surface area contributed by atoms with E-state index >= 15 is 0 Å². The third-order valence-electron chi connectivity index (χ3n) is 3.15. The number of hydrogen-bond donors (Lipinski definition) is 1. The summed E-state index contributed by atoms with van der Waals surface area (Å²) in [7, 11) is 1.79. The number of nitrogens with one attached hydrogen (secondary N) is 1. The molecule has 0 atom stereocenters. The second-order valence-corrected chi connectivity index (χ2v) is 4.50. The Hall–Kier alpha value is -0.990. The summed E-state index contributed by atoms with van der Waals surface area (Å²) in [5.41, 5.74) is 0. The molecule has 0 spiro atoms. The minimum absolute atomic E-state index is 0.